The number of hydrogen-bond acceptors (Lipinski definition) is 3. The van der Waals surface area contributed by atoms with E-state index in [1.165, 1.54) is 6.07 Å². The number of alkyl halides is 3. The first-order chi connectivity index (χ1) is 11.0. The van der Waals surface area contributed by atoms with E-state index in [9.17, 15) is 13.2 Å². The van der Waals surface area contributed by atoms with E-state index in [4.69, 9.17) is 4.74 Å². The highest BCUT2D eigenvalue weighted by atomic mass is 32.2. The van der Waals surface area contributed by atoms with Gasteiger partial charge in [-0.15, -0.1) is 11.8 Å². The van der Waals surface area contributed by atoms with Crippen LogP contribution in [0.2, 0.25) is 0 Å². The minimum Gasteiger partial charge on any atom is -0.381 e. The number of ether oxygens (including phenoxy) is 1. The predicted molar refractivity (Wildman–Crippen MR) is 85.4 cm³/mol. The summed E-state index contributed by atoms with van der Waals surface area (Å²) >= 11 is 1.79. The van der Waals surface area contributed by atoms with E-state index in [1.807, 2.05) is 0 Å². The summed E-state index contributed by atoms with van der Waals surface area (Å²) in [5.74, 6) is 1.66. The van der Waals surface area contributed by atoms with E-state index in [1.54, 1.807) is 17.8 Å². The number of rotatable bonds is 1. The van der Waals surface area contributed by atoms with Gasteiger partial charge in [-0.3, -0.25) is 0 Å². The van der Waals surface area contributed by atoms with Crippen molar-refractivity contribution >= 4 is 17.4 Å². The van der Waals surface area contributed by atoms with Crippen molar-refractivity contribution in [2.24, 2.45) is 11.8 Å². The fourth-order valence-corrected chi connectivity index (χ4v) is 4.88. The van der Waals surface area contributed by atoms with Crippen molar-refractivity contribution < 1.29 is 17.9 Å². The Morgan fingerprint density at radius 1 is 1.26 bits per heavy atom. The molecular formula is C17H18F3NOS. The van der Waals surface area contributed by atoms with Gasteiger partial charge in [-0.2, -0.15) is 13.2 Å². The van der Waals surface area contributed by atoms with Crippen LogP contribution in [-0.2, 0) is 10.9 Å². The first-order valence-corrected chi connectivity index (χ1v) is 8.96. The Morgan fingerprint density at radius 2 is 2.13 bits per heavy atom. The number of thioether (sulfide) groups is 1. The van der Waals surface area contributed by atoms with Gasteiger partial charge < -0.3 is 10.1 Å². The molecule has 0 amide bonds. The maximum atomic E-state index is 13.0. The molecule has 3 heterocycles. The smallest absolute Gasteiger partial charge is 0.381 e. The van der Waals surface area contributed by atoms with Crippen molar-refractivity contribution in [3.05, 3.63) is 40.8 Å². The Hall–Kier alpha value is -1.14. The van der Waals surface area contributed by atoms with Gasteiger partial charge in [-0.05, 0) is 36.4 Å². The molecule has 4 rings (SSSR count). The molecular weight excluding hydrogens is 323 g/mol. The second-order valence-corrected chi connectivity index (χ2v) is 7.33. The van der Waals surface area contributed by atoms with Gasteiger partial charge in [0, 0.05) is 41.5 Å². The summed E-state index contributed by atoms with van der Waals surface area (Å²) in [6.07, 6.45) is -0.375. The molecule has 1 fully saturated rings. The van der Waals surface area contributed by atoms with Crippen LogP contribution in [0, 0.1) is 11.8 Å². The van der Waals surface area contributed by atoms with Gasteiger partial charge in [0.2, 0.25) is 0 Å². The third-order valence-corrected chi connectivity index (χ3v) is 5.94. The number of nitrogens with one attached hydrogen (secondary N) is 1. The average molecular weight is 341 g/mol. The van der Waals surface area contributed by atoms with E-state index in [2.05, 4.69) is 16.8 Å². The van der Waals surface area contributed by atoms with Crippen LogP contribution in [-0.4, -0.2) is 18.4 Å². The largest absolute Gasteiger partial charge is 0.416 e. The molecule has 1 unspecified atom stereocenters. The van der Waals surface area contributed by atoms with Crippen molar-refractivity contribution in [2.75, 3.05) is 17.7 Å². The molecule has 1 N–H and O–H groups in total. The van der Waals surface area contributed by atoms with Gasteiger partial charge >= 0.3 is 6.18 Å². The third-order valence-electron chi connectivity index (χ3n) is 5.01. The molecule has 124 valence electrons. The second-order valence-electron chi connectivity index (χ2n) is 6.39. The quantitative estimate of drug-likeness (QED) is 0.789. The van der Waals surface area contributed by atoms with Crippen LogP contribution in [0.1, 0.15) is 30.1 Å². The molecule has 0 radical (unpaired) electrons. The van der Waals surface area contributed by atoms with Gasteiger partial charge in [0.1, 0.15) is 0 Å². The van der Waals surface area contributed by atoms with Crippen LogP contribution in [0.25, 0.3) is 0 Å². The van der Waals surface area contributed by atoms with E-state index < -0.39 is 11.7 Å². The highest BCUT2D eigenvalue weighted by Crippen LogP contribution is 2.48. The van der Waals surface area contributed by atoms with E-state index in [0.29, 0.717) is 18.1 Å². The minimum absolute atomic E-state index is 0.230. The molecule has 0 spiro atoms. The number of anilines is 1. The molecule has 2 nitrogen and oxygen atoms in total. The molecule has 0 saturated carbocycles. The molecule has 1 aromatic carbocycles. The minimum atomic E-state index is -4.32. The lowest BCUT2D eigenvalue weighted by molar-refractivity contribution is -0.137. The zero-order chi connectivity index (χ0) is 16.0. The Balaban J connectivity index is 1.73. The van der Waals surface area contributed by atoms with E-state index in [-0.39, 0.29) is 18.1 Å². The molecule has 1 aromatic rings. The lowest BCUT2D eigenvalue weighted by Crippen LogP contribution is -2.45. The monoisotopic (exact) mass is 341 g/mol. The average Bonchev–Trinajstić information content (AvgIpc) is 3.07. The number of hydrogen-bond donors (Lipinski definition) is 1. The van der Waals surface area contributed by atoms with Crippen molar-refractivity contribution in [2.45, 2.75) is 31.2 Å². The fourth-order valence-electron chi connectivity index (χ4n) is 3.91. The molecule has 1 saturated heterocycles. The highest BCUT2D eigenvalue weighted by molar-refractivity contribution is 8.02. The van der Waals surface area contributed by atoms with Crippen molar-refractivity contribution in [1.82, 2.24) is 0 Å². The Labute approximate surface area is 137 Å². The summed E-state index contributed by atoms with van der Waals surface area (Å²) in [6.45, 7) is 0.624. The first kappa shape index (κ1) is 15.4. The van der Waals surface area contributed by atoms with E-state index in [0.717, 1.165) is 30.3 Å². The normalized spacial score (nSPS) is 33.0. The summed E-state index contributed by atoms with van der Waals surface area (Å²) in [5.41, 5.74) is 0.854. The summed E-state index contributed by atoms with van der Waals surface area (Å²) in [6, 6.07) is 4.22. The van der Waals surface area contributed by atoms with Crippen LogP contribution in [0.15, 0.2) is 29.7 Å². The number of halogens is 3. The molecule has 0 aromatic heterocycles. The van der Waals surface area contributed by atoms with Gasteiger partial charge in [0.05, 0.1) is 11.7 Å². The molecule has 0 bridgehead atoms. The zero-order valence-corrected chi connectivity index (χ0v) is 13.3. The Morgan fingerprint density at radius 3 is 2.87 bits per heavy atom. The fraction of sp³-hybridized carbons (Fsp3) is 0.529. The summed E-state index contributed by atoms with van der Waals surface area (Å²) < 4.78 is 45.0. The first-order valence-electron chi connectivity index (χ1n) is 7.91. The van der Waals surface area contributed by atoms with Crippen LogP contribution < -0.4 is 5.32 Å². The lowest BCUT2D eigenvalue weighted by Gasteiger charge is -2.45. The summed E-state index contributed by atoms with van der Waals surface area (Å²) in [7, 11) is 0. The van der Waals surface area contributed by atoms with Gasteiger partial charge in [-0.1, -0.05) is 6.08 Å². The molecule has 4 atom stereocenters. The van der Waals surface area contributed by atoms with Crippen LogP contribution in [0.4, 0.5) is 18.9 Å². The van der Waals surface area contributed by atoms with Crippen molar-refractivity contribution in [1.29, 1.82) is 0 Å². The Bertz CT molecular complexity index is 631. The summed E-state index contributed by atoms with van der Waals surface area (Å²) in [4.78, 5) is 0. The van der Waals surface area contributed by atoms with Crippen molar-refractivity contribution in [3.63, 3.8) is 0 Å². The zero-order valence-electron chi connectivity index (χ0n) is 12.5. The predicted octanol–water partition coefficient (Wildman–Crippen LogP) is 4.84. The standard InChI is InChI=1S/C17H18F3NOS/c18-17(19,20)11-3-4-14-13(8-11)16-12(2-1-6-22-16)15(21-14)10-5-7-23-9-10/h3-5,7-8,10,12,15-16,21H,1-2,6,9H2/t10?,12-,15-,16-/m0/s1. The molecule has 3 aliphatic heterocycles. The maximum absolute atomic E-state index is 13.0. The van der Waals surface area contributed by atoms with Gasteiger partial charge in [0.15, 0.2) is 0 Å². The SMILES string of the molecule is FC(F)(F)c1ccc2c(c1)[C@H]1OCCC[C@H]1[C@H](C1C=CSC1)N2. The van der Waals surface area contributed by atoms with Crippen LogP contribution in [0.3, 0.4) is 0 Å². The number of fused-ring (bicyclic) bond motifs is 3. The van der Waals surface area contributed by atoms with Crippen LogP contribution in [0.5, 0.6) is 0 Å². The molecule has 0 aliphatic carbocycles. The second kappa shape index (κ2) is 5.74. The van der Waals surface area contributed by atoms with Gasteiger partial charge in [0.25, 0.3) is 0 Å². The number of benzene rings is 1. The maximum Gasteiger partial charge on any atom is 0.416 e. The van der Waals surface area contributed by atoms with Gasteiger partial charge in [-0.25, -0.2) is 0 Å². The third kappa shape index (κ3) is 2.76. The van der Waals surface area contributed by atoms with E-state index >= 15 is 0 Å². The molecule has 23 heavy (non-hydrogen) atoms. The lowest BCUT2D eigenvalue weighted by atomic mass is 9.75. The van der Waals surface area contributed by atoms with Crippen molar-refractivity contribution in [3.8, 4) is 0 Å². The highest BCUT2D eigenvalue weighted by Gasteiger charge is 2.43. The molecule has 3 aliphatic rings. The topological polar surface area (TPSA) is 21.3 Å². The van der Waals surface area contributed by atoms with Crippen LogP contribution >= 0.6 is 11.8 Å². The Kier molecular flexibility index (Phi) is 3.84. The molecule has 6 heteroatoms. The summed E-state index contributed by atoms with van der Waals surface area (Å²) in [5, 5.41) is 5.62.